The number of sulfone groups is 1. The zero-order valence-corrected chi connectivity index (χ0v) is 15.2. The van der Waals surface area contributed by atoms with Crippen molar-refractivity contribution in [2.75, 3.05) is 11.6 Å². The van der Waals surface area contributed by atoms with E-state index in [4.69, 9.17) is 0 Å². The Kier molecular flexibility index (Phi) is 4.65. The Labute approximate surface area is 149 Å². The number of carbonyl (C=O) groups excluding carboxylic acids is 1. The van der Waals surface area contributed by atoms with E-state index in [1.807, 2.05) is 31.2 Å². The molecule has 3 aromatic rings. The number of rotatable bonds is 4. The summed E-state index contributed by atoms with van der Waals surface area (Å²) in [5, 5.41) is 5.06. The summed E-state index contributed by atoms with van der Waals surface area (Å²) in [6.07, 6.45) is 2.39. The lowest BCUT2D eigenvalue weighted by Crippen LogP contribution is -2.12. The third kappa shape index (κ3) is 4.09. The molecule has 6 nitrogen and oxygen atoms in total. The third-order valence-corrected chi connectivity index (χ3v) is 5.30. The molecule has 0 unspecified atom stereocenters. The fraction of sp³-hybridized carbons (Fsp3) is 0.118. The monoisotopic (exact) mass is 373 g/mol. The lowest BCUT2D eigenvalue weighted by Gasteiger charge is -2.03. The number of aryl methyl sites for hydroxylation is 1. The number of benzene rings is 1. The number of pyridine rings is 1. The van der Waals surface area contributed by atoms with Crippen molar-refractivity contribution in [1.29, 1.82) is 0 Å². The Hall–Kier alpha value is -2.58. The molecule has 1 aromatic carbocycles. The third-order valence-electron chi connectivity index (χ3n) is 3.41. The molecule has 0 saturated heterocycles. The normalized spacial score (nSPS) is 11.3. The van der Waals surface area contributed by atoms with Crippen LogP contribution in [0.5, 0.6) is 0 Å². The van der Waals surface area contributed by atoms with Crippen LogP contribution in [0, 0.1) is 6.92 Å². The van der Waals surface area contributed by atoms with Crippen LogP contribution >= 0.6 is 11.3 Å². The minimum Gasteiger partial charge on any atom is -0.319 e. The molecule has 25 heavy (non-hydrogen) atoms. The van der Waals surface area contributed by atoms with Crippen molar-refractivity contribution in [2.24, 2.45) is 0 Å². The first kappa shape index (κ1) is 17.2. The number of hydrogen-bond donors (Lipinski definition) is 1. The predicted octanol–water partition coefficient (Wildman–Crippen LogP) is 3.17. The molecule has 2 heterocycles. The molecule has 3 rings (SSSR count). The molecule has 0 aliphatic rings. The van der Waals surface area contributed by atoms with Gasteiger partial charge in [0.2, 0.25) is 0 Å². The average Bonchev–Trinajstić information content (AvgIpc) is 3.05. The van der Waals surface area contributed by atoms with Crippen LogP contribution in [-0.4, -0.2) is 30.5 Å². The van der Waals surface area contributed by atoms with Gasteiger partial charge in [0.1, 0.15) is 10.7 Å². The number of nitrogens with zero attached hydrogens (tertiary/aromatic N) is 2. The van der Waals surface area contributed by atoms with Crippen molar-refractivity contribution < 1.29 is 13.2 Å². The highest BCUT2D eigenvalue weighted by Gasteiger charge is 2.13. The number of hydrogen-bond acceptors (Lipinski definition) is 6. The van der Waals surface area contributed by atoms with E-state index in [9.17, 15) is 13.2 Å². The lowest BCUT2D eigenvalue weighted by molar-refractivity contribution is 0.102. The fourth-order valence-electron chi connectivity index (χ4n) is 2.08. The second-order valence-corrected chi connectivity index (χ2v) is 8.34. The van der Waals surface area contributed by atoms with E-state index in [-0.39, 0.29) is 10.9 Å². The zero-order chi connectivity index (χ0) is 18.0. The van der Waals surface area contributed by atoms with Gasteiger partial charge in [0.25, 0.3) is 5.91 Å². The first-order chi connectivity index (χ1) is 11.8. The molecule has 1 N–H and O–H groups in total. The average molecular weight is 373 g/mol. The molecule has 8 heteroatoms. The van der Waals surface area contributed by atoms with E-state index < -0.39 is 9.84 Å². The van der Waals surface area contributed by atoms with Crippen LogP contribution in [0.15, 0.2) is 53.0 Å². The van der Waals surface area contributed by atoms with Crippen LogP contribution in [0.3, 0.4) is 0 Å². The van der Waals surface area contributed by atoms with Gasteiger partial charge < -0.3 is 5.32 Å². The minimum atomic E-state index is -3.37. The number of amides is 1. The van der Waals surface area contributed by atoms with Crippen molar-refractivity contribution in [3.05, 3.63) is 59.2 Å². The molecule has 0 aliphatic heterocycles. The number of thiazole rings is 1. The molecule has 0 atom stereocenters. The van der Waals surface area contributed by atoms with E-state index in [2.05, 4.69) is 15.3 Å². The summed E-state index contributed by atoms with van der Waals surface area (Å²) in [5.74, 6) is -0.372. The Morgan fingerprint density at radius 3 is 2.44 bits per heavy atom. The number of nitrogens with one attached hydrogen (secondary N) is 1. The minimum absolute atomic E-state index is 0.0409. The van der Waals surface area contributed by atoms with Crippen molar-refractivity contribution in [3.8, 4) is 10.6 Å². The molecule has 0 radical (unpaired) electrons. The van der Waals surface area contributed by atoms with Gasteiger partial charge in [-0.05, 0) is 19.1 Å². The summed E-state index contributed by atoms with van der Waals surface area (Å²) in [6.45, 7) is 2.01. The Bertz CT molecular complexity index is 1010. The van der Waals surface area contributed by atoms with Gasteiger partial charge in [-0.1, -0.05) is 29.8 Å². The number of anilines is 1. The second-order valence-electron chi connectivity index (χ2n) is 5.52. The maximum atomic E-state index is 12.3. The van der Waals surface area contributed by atoms with Crippen LogP contribution in [-0.2, 0) is 9.84 Å². The quantitative estimate of drug-likeness (QED) is 0.759. The molecule has 2 aromatic heterocycles. The summed E-state index contributed by atoms with van der Waals surface area (Å²) in [6, 6.07) is 10.8. The molecule has 0 aliphatic carbocycles. The summed E-state index contributed by atoms with van der Waals surface area (Å²) in [5.41, 5.74) is 2.81. The van der Waals surface area contributed by atoms with E-state index in [0.717, 1.165) is 22.4 Å². The summed E-state index contributed by atoms with van der Waals surface area (Å²) in [7, 11) is -3.37. The Balaban J connectivity index is 1.75. The van der Waals surface area contributed by atoms with Gasteiger partial charge in [-0.25, -0.2) is 18.4 Å². The first-order valence-electron chi connectivity index (χ1n) is 7.33. The van der Waals surface area contributed by atoms with Crippen LogP contribution in [0.25, 0.3) is 10.6 Å². The van der Waals surface area contributed by atoms with Gasteiger partial charge >= 0.3 is 0 Å². The molecule has 128 valence electrons. The van der Waals surface area contributed by atoms with Crippen LogP contribution in [0.1, 0.15) is 16.1 Å². The van der Waals surface area contributed by atoms with Crippen molar-refractivity contribution >= 4 is 32.8 Å². The number of carbonyl (C=O) groups is 1. The molecule has 0 spiro atoms. The molecule has 1 amide bonds. The first-order valence-corrected chi connectivity index (χ1v) is 10.1. The van der Waals surface area contributed by atoms with Crippen molar-refractivity contribution in [2.45, 2.75) is 11.9 Å². The second kappa shape index (κ2) is 6.73. The molecule has 0 bridgehead atoms. The van der Waals surface area contributed by atoms with Gasteiger partial charge in [-0.2, -0.15) is 0 Å². The Morgan fingerprint density at radius 1 is 1.12 bits per heavy atom. The highest BCUT2D eigenvalue weighted by Crippen LogP contribution is 2.24. The van der Waals surface area contributed by atoms with E-state index in [1.54, 1.807) is 5.38 Å². The molecular formula is C17H15N3O3S2. The Morgan fingerprint density at radius 2 is 1.84 bits per heavy atom. The maximum Gasteiger partial charge on any atom is 0.275 e. The molecule has 0 saturated carbocycles. The summed E-state index contributed by atoms with van der Waals surface area (Å²) in [4.78, 5) is 20.5. The number of aromatic nitrogens is 2. The largest absolute Gasteiger partial charge is 0.319 e. The molecule has 0 fully saturated rings. The van der Waals surface area contributed by atoms with Gasteiger partial charge in [-0.15, -0.1) is 11.3 Å². The SMILES string of the molecule is Cc1ccc(-c2nc(C(=O)Nc3ccc(S(C)(=O)=O)nc3)cs2)cc1. The lowest BCUT2D eigenvalue weighted by atomic mass is 10.2. The van der Waals surface area contributed by atoms with Gasteiger partial charge in [-0.3, -0.25) is 4.79 Å². The van der Waals surface area contributed by atoms with Gasteiger partial charge in [0.05, 0.1) is 11.9 Å². The van der Waals surface area contributed by atoms with E-state index in [0.29, 0.717) is 11.4 Å². The van der Waals surface area contributed by atoms with Crippen LogP contribution in [0.2, 0.25) is 0 Å². The topological polar surface area (TPSA) is 89.0 Å². The smallest absolute Gasteiger partial charge is 0.275 e. The predicted molar refractivity (Wildman–Crippen MR) is 97.6 cm³/mol. The zero-order valence-electron chi connectivity index (χ0n) is 13.6. The van der Waals surface area contributed by atoms with Crippen molar-refractivity contribution in [1.82, 2.24) is 9.97 Å². The fourth-order valence-corrected chi connectivity index (χ4v) is 3.44. The summed E-state index contributed by atoms with van der Waals surface area (Å²) < 4.78 is 22.8. The van der Waals surface area contributed by atoms with Gasteiger partial charge in [0.15, 0.2) is 14.9 Å². The highest BCUT2D eigenvalue weighted by atomic mass is 32.2. The van der Waals surface area contributed by atoms with Crippen LogP contribution < -0.4 is 5.32 Å². The summed E-state index contributed by atoms with van der Waals surface area (Å²) >= 11 is 1.39. The standard InChI is InChI=1S/C17H15N3O3S2/c1-11-3-5-12(6-4-11)17-20-14(10-24-17)16(21)19-13-7-8-15(18-9-13)25(2,22)23/h3-10H,1-2H3,(H,19,21). The van der Waals surface area contributed by atoms with Gasteiger partial charge in [0, 0.05) is 17.2 Å². The van der Waals surface area contributed by atoms with E-state index >= 15 is 0 Å². The highest BCUT2D eigenvalue weighted by molar-refractivity contribution is 7.90. The molecular weight excluding hydrogens is 358 g/mol. The maximum absolute atomic E-state index is 12.3. The van der Waals surface area contributed by atoms with E-state index in [1.165, 1.54) is 29.7 Å². The van der Waals surface area contributed by atoms with Crippen molar-refractivity contribution in [3.63, 3.8) is 0 Å². The van der Waals surface area contributed by atoms with Crippen LogP contribution in [0.4, 0.5) is 5.69 Å².